The molecule has 0 radical (unpaired) electrons. The molecule has 3 rings (SSSR count). The summed E-state index contributed by atoms with van der Waals surface area (Å²) in [7, 11) is 1.67. The molecule has 2 aromatic heterocycles. The van der Waals surface area contributed by atoms with Crippen molar-refractivity contribution >= 4 is 21.9 Å². The average molecular weight is 212 g/mol. The van der Waals surface area contributed by atoms with Crippen molar-refractivity contribution in [1.29, 1.82) is 0 Å². The van der Waals surface area contributed by atoms with Gasteiger partial charge in [0.2, 0.25) is 0 Å². The van der Waals surface area contributed by atoms with Crippen LogP contribution in [0.15, 0.2) is 30.5 Å². The van der Waals surface area contributed by atoms with Gasteiger partial charge in [-0.25, -0.2) is 0 Å². The van der Waals surface area contributed by atoms with Gasteiger partial charge in [-0.05, 0) is 30.7 Å². The third kappa shape index (κ3) is 1.18. The van der Waals surface area contributed by atoms with Gasteiger partial charge in [0.15, 0.2) is 0 Å². The highest BCUT2D eigenvalue weighted by Crippen LogP contribution is 2.28. The Labute approximate surface area is 93.1 Å². The number of ether oxygens (including phenoxy) is 1. The van der Waals surface area contributed by atoms with E-state index in [-0.39, 0.29) is 0 Å². The van der Waals surface area contributed by atoms with E-state index in [4.69, 9.17) is 4.74 Å². The lowest BCUT2D eigenvalue weighted by atomic mass is 10.2. The molecule has 0 saturated carbocycles. The van der Waals surface area contributed by atoms with Crippen LogP contribution in [0.5, 0.6) is 5.75 Å². The minimum atomic E-state index is 0.858. The summed E-state index contributed by atoms with van der Waals surface area (Å²) in [5.74, 6) is 0.858. The van der Waals surface area contributed by atoms with E-state index in [1.165, 1.54) is 5.56 Å². The second kappa shape index (κ2) is 3.23. The van der Waals surface area contributed by atoms with Crippen molar-refractivity contribution in [2.24, 2.45) is 0 Å². The molecule has 80 valence electrons. The standard InChI is InChI=1S/C13H12N2O/c1-8-5-6-14-13-10-4-3-9(16-2)7-11(10)15-12(8)13/h3-7,15H,1-2H3. The van der Waals surface area contributed by atoms with E-state index in [9.17, 15) is 0 Å². The summed E-state index contributed by atoms with van der Waals surface area (Å²) in [6.45, 7) is 2.08. The van der Waals surface area contributed by atoms with E-state index in [0.29, 0.717) is 0 Å². The van der Waals surface area contributed by atoms with Crippen molar-refractivity contribution in [2.75, 3.05) is 7.11 Å². The smallest absolute Gasteiger partial charge is 0.120 e. The molecular formula is C13H12N2O. The Hall–Kier alpha value is -2.03. The zero-order valence-electron chi connectivity index (χ0n) is 9.24. The molecule has 0 saturated heterocycles. The monoisotopic (exact) mass is 212 g/mol. The van der Waals surface area contributed by atoms with Gasteiger partial charge in [-0.15, -0.1) is 0 Å². The third-order valence-electron chi connectivity index (χ3n) is 2.90. The fraction of sp³-hybridized carbons (Fsp3) is 0.154. The normalized spacial score (nSPS) is 11.1. The zero-order chi connectivity index (χ0) is 11.1. The number of methoxy groups -OCH3 is 1. The lowest BCUT2D eigenvalue weighted by molar-refractivity contribution is 0.415. The number of fused-ring (bicyclic) bond motifs is 3. The first kappa shape index (κ1) is 9.21. The van der Waals surface area contributed by atoms with Crippen molar-refractivity contribution in [3.63, 3.8) is 0 Å². The molecule has 3 aromatic rings. The molecule has 0 fully saturated rings. The van der Waals surface area contributed by atoms with E-state index in [2.05, 4.69) is 16.9 Å². The van der Waals surface area contributed by atoms with Gasteiger partial charge in [-0.3, -0.25) is 4.98 Å². The van der Waals surface area contributed by atoms with Crippen LogP contribution in [0.4, 0.5) is 0 Å². The predicted molar refractivity (Wildman–Crippen MR) is 64.9 cm³/mol. The zero-order valence-corrected chi connectivity index (χ0v) is 9.24. The summed E-state index contributed by atoms with van der Waals surface area (Å²) in [6.07, 6.45) is 1.84. The van der Waals surface area contributed by atoms with Crippen molar-refractivity contribution in [3.05, 3.63) is 36.0 Å². The molecule has 0 spiro atoms. The van der Waals surface area contributed by atoms with Crippen molar-refractivity contribution in [1.82, 2.24) is 9.97 Å². The second-order valence-corrected chi connectivity index (χ2v) is 3.89. The van der Waals surface area contributed by atoms with Gasteiger partial charge in [-0.2, -0.15) is 0 Å². The topological polar surface area (TPSA) is 37.9 Å². The van der Waals surface area contributed by atoms with Gasteiger partial charge in [0.1, 0.15) is 5.75 Å². The molecule has 1 N–H and O–H groups in total. The SMILES string of the molecule is COc1ccc2c(c1)[nH]c1c(C)ccnc12. The number of H-pyrrole nitrogens is 1. The summed E-state index contributed by atoms with van der Waals surface area (Å²) in [6, 6.07) is 8.00. The highest BCUT2D eigenvalue weighted by molar-refractivity contribution is 6.06. The molecule has 2 heterocycles. The van der Waals surface area contributed by atoms with Crippen molar-refractivity contribution in [2.45, 2.75) is 6.92 Å². The molecule has 0 aliphatic rings. The Kier molecular flexibility index (Phi) is 1.86. The summed E-state index contributed by atoms with van der Waals surface area (Å²) >= 11 is 0. The molecule has 0 aliphatic heterocycles. The van der Waals surface area contributed by atoms with Crippen LogP contribution in [0.2, 0.25) is 0 Å². The third-order valence-corrected chi connectivity index (χ3v) is 2.90. The minimum Gasteiger partial charge on any atom is -0.497 e. The maximum atomic E-state index is 5.21. The van der Waals surface area contributed by atoms with Gasteiger partial charge in [-0.1, -0.05) is 0 Å². The number of pyridine rings is 1. The van der Waals surface area contributed by atoms with Gasteiger partial charge in [0.05, 0.1) is 23.7 Å². The lowest BCUT2D eigenvalue weighted by Crippen LogP contribution is -1.80. The number of aromatic amines is 1. The van der Waals surface area contributed by atoms with E-state index in [0.717, 1.165) is 27.7 Å². The highest BCUT2D eigenvalue weighted by atomic mass is 16.5. The fourth-order valence-corrected chi connectivity index (χ4v) is 2.02. The molecular weight excluding hydrogens is 200 g/mol. The van der Waals surface area contributed by atoms with Crippen LogP contribution in [0.1, 0.15) is 5.56 Å². The molecule has 0 atom stereocenters. The number of hydrogen-bond acceptors (Lipinski definition) is 2. The quantitative estimate of drug-likeness (QED) is 0.673. The second-order valence-electron chi connectivity index (χ2n) is 3.89. The molecule has 0 unspecified atom stereocenters. The minimum absolute atomic E-state index is 0.858. The summed E-state index contributed by atoms with van der Waals surface area (Å²) in [4.78, 5) is 7.79. The Morgan fingerprint density at radius 2 is 2.12 bits per heavy atom. The molecule has 16 heavy (non-hydrogen) atoms. The van der Waals surface area contributed by atoms with Gasteiger partial charge >= 0.3 is 0 Å². The molecule has 0 aliphatic carbocycles. The van der Waals surface area contributed by atoms with Crippen LogP contribution >= 0.6 is 0 Å². The molecule has 0 amide bonds. The lowest BCUT2D eigenvalue weighted by Gasteiger charge is -1.97. The first-order valence-electron chi connectivity index (χ1n) is 5.20. The van der Waals surface area contributed by atoms with Crippen LogP contribution in [-0.2, 0) is 0 Å². The fourth-order valence-electron chi connectivity index (χ4n) is 2.02. The van der Waals surface area contributed by atoms with Crippen LogP contribution in [0, 0.1) is 6.92 Å². The van der Waals surface area contributed by atoms with Gasteiger partial charge in [0.25, 0.3) is 0 Å². The Morgan fingerprint density at radius 1 is 1.25 bits per heavy atom. The van der Waals surface area contributed by atoms with Crippen LogP contribution in [0.25, 0.3) is 21.9 Å². The van der Waals surface area contributed by atoms with E-state index < -0.39 is 0 Å². The summed E-state index contributed by atoms with van der Waals surface area (Å²) < 4.78 is 5.21. The Balaban J connectivity index is 2.45. The first-order valence-corrected chi connectivity index (χ1v) is 5.20. The van der Waals surface area contributed by atoms with Gasteiger partial charge < -0.3 is 9.72 Å². The highest BCUT2D eigenvalue weighted by Gasteiger charge is 2.07. The predicted octanol–water partition coefficient (Wildman–Crippen LogP) is 3.03. The summed E-state index contributed by atoms with van der Waals surface area (Å²) in [5, 5.41) is 1.14. The molecule has 0 bridgehead atoms. The summed E-state index contributed by atoms with van der Waals surface area (Å²) in [5.41, 5.74) is 4.40. The number of hydrogen-bond donors (Lipinski definition) is 1. The van der Waals surface area contributed by atoms with Crippen LogP contribution in [0.3, 0.4) is 0 Å². The number of nitrogens with zero attached hydrogens (tertiary/aromatic N) is 1. The molecule has 1 aromatic carbocycles. The van der Waals surface area contributed by atoms with Crippen LogP contribution in [-0.4, -0.2) is 17.1 Å². The number of aromatic nitrogens is 2. The molecule has 3 nitrogen and oxygen atoms in total. The van der Waals surface area contributed by atoms with E-state index in [1.807, 2.05) is 30.5 Å². The van der Waals surface area contributed by atoms with Crippen molar-refractivity contribution in [3.8, 4) is 5.75 Å². The average Bonchev–Trinajstić information content (AvgIpc) is 2.68. The van der Waals surface area contributed by atoms with Crippen LogP contribution < -0.4 is 4.74 Å². The first-order chi connectivity index (χ1) is 7.79. The Morgan fingerprint density at radius 3 is 2.94 bits per heavy atom. The maximum absolute atomic E-state index is 5.21. The largest absolute Gasteiger partial charge is 0.497 e. The maximum Gasteiger partial charge on any atom is 0.120 e. The number of aryl methyl sites for hydroxylation is 1. The number of benzene rings is 1. The molecule has 3 heteroatoms. The van der Waals surface area contributed by atoms with E-state index in [1.54, 1.807) is 7.11 Å². The van der Waals surface area contributed by atoms with Gasteiger partial charge in [0, 0.05) is 17.6 Å². The number of rotatable bonds is 1. The van der Waals surface area contributed by atoms with Crippen molar-refractivity contribution < 1.29 is 4.74 Å². The van der Waals surface area contributed by atoms with E-state index >= 15 is 0 Å². The Bertz CT molecular complexity index is 670. The number of nitrogens with one attached hydrogen (secondary N) is 1.